The Morgan fingerprint density at radius 1 is 0.960 bits per heavy atom. The largest absolute Gasteiger partial charge is 1.00 e. The Kier molecular flexibility index (Phi) is 18.3. The number of hydrogen-bond donors (Lipinski definition) is 2. The molecule has 140 valence electrons. The van der Waals surface area contributed by atoms with Crippen LogP contribution in [-0.4, -0.2) is 59.4 Å². The maximum Gasteiger partial charge on any atom is 1.00 e. The van der Waals surface area contributed by atoms with E-state index in [1.165, 1.54) is 0 Å². The van der Waals surface area contributed by atoms with Crippen molar-refractivity contribution in [1.29, 1.82) is 0 Å². The number of rotatable bonds is 16. The molecule has 0 aromatic rings. The molecule has 0 bridgehead atoms. The molecule has 0 saturated heterocycles. The zero-order valence-corrected chi connectivity index (χ0v) is 17.9. The molecule has 0 aromatic heterocycles. The third-order valence-corrected chi connectivity index (χ3v) is 4.27. The predicted molar refractivity (Wildman–Crippen MR) is 91.2 cm³/mol. The number of aliphatic hydroxyl groups is 1. The van der Waals surface area contributed by atoms with Gasteiger partial charge in [-0.3, -0.25) is 4.79 Å². The molecule has 1 atom stereocenters. The number of carbonyl (C=O) groups excluding carboxylic acids is 1. The number of quaternary nitrogens is 1. The monoisotopic (exact) mass is 366 g/mol. The number of carboxylic acids is 2. The number of allylic oxidation sites excluding steroid dienone is 2. The number of aliphatic hydroxyl groups excluding tert-OH is 1. The average Bonchev–Trinajstić information content (AvgIpc) is 2.50. The van der Waals surface area contributed by atoms with Crippen molar-refractivity contribution in [1.82, 2.24) is 0 Å². The molecule has 0 spiro atoms. The third-order valence-electron chi connectivity index (χ3n) is 4.27. The van der Waals surface area contributed by atoms with Gasteiger partial charge in [-0.1, -0.05) is 19.1 Å². The molecule has 0 aliphatic carbocycles. The topological polar surface area (TPSA) is 97.7 Å². The van der Waals surface area contributed by atoms with Gasteiger partial charge >= 0.3 is 35.5 Å². The molecular formula is C18H33NNaO5+. The first-order valence-corrected chi connectivity index (χ1v) is 8.98. The molecule has 0 fully saturated rings. The Morgan fingerprint density at radius 3 is 2.08 bits per heavy atom. The van der Waals surface area contributed by atoms with Crippen LogP contribution in [0.2, 0.25) is 0 Å². The normalized spacial score (nSPS) is 13.4. The van der Waals surface area contributed by atoms with Crippen LogP contribution in [-0.2, 0) is 9.59 Å². The van der Waals surface area contributed by atoms with Crippen LogP contribution in [0.5, 0.6) is 0 Å². The minimum Gasteiger partial charge on any atom is -0.550 e. The van der Waals surface area contributed by atoms with E-state index in [9.17, 15) is 19.8 Å². The van der Waals surface area contributed by atoms with Crippen LogP contribution in [0.4, 0.5) is 0 Å². The van der Waals surface area contributed by atoms with Crippen molar-refractivity contribution in [2.45, 2.75) is 58.3 Å². The average molecular weight is 366 g/mol. The second kappa shape index (κ2) is 17.0. The van der Waals surface area contributed by atoms with E-state index in [0.29, 0.717) is 37.0 Å². The van der Waals surface area contributed by atoms with Crippen molar-refractivity contribution in [2.75, 3.05) is 32.8 Å². The number of hydrogen-bond acceptors (Lipinski definition) is 4. The summed E-state index contributed by atoms with van der Waals surface area (Å²) in [5.41, 5.74) is 0. The Labute approximate surface area is 173 Å². The van der Waals surface area contributed by atoms with Gasteiger partial charge in [-0.05, 0) is 32.1 Å². The van der Waals surface area contributed by atoms with E-state index in [1.54, 1.807) is 0 Å². The maximum absolute atomic E-state index is 10.8. The fourth-order valence-corrected chi connectivity index (χ4v) is 3.00. The van der Waals surface area contributed by atoms with Crippen LogP contribution in [0.25, 0.3) is 0 Å². The zero-order valence-electron chi connectivity index (χ0n) is 15.9. The van der Waals surface area contributed by atoms with Gasteiger partial charge < -0.3 is 24.6 Å². The Morgan fingerprint density at radius 2 is 1.56 bits per heavy atom. The number of nitrogens with zero attached hydrogens (tertiary/aromatic N) is 1. The van der Waals surface area contributed by atoms with E-state index >= 15 is 0 Å². The van der Waals surface area contributed by atoms with E-state index in [-0.39, 0.29) is 49.0 Å². The van der Waals surface area contributed by atoms with Crippen LogP contribution >= 0.6 is 0 Å². The van der Waals surface area contributed by atoms with Gasteiger partial charge in [0.25, 0.3) is 0 Å². The predicted octanol–water partition coefficient (Wildman–Crippen LogP) is -1.67. The molecule has 0 radical (unpaired) electrons. The van der Waals surface area contributed by atoms with Crippen LogP contribution in [0, 0.1) is 0 Å². The van der Waals surface area contributed by atoms with Crippen molar-refractivity contribution >= 4 is 11.9 Å². The first-order chi connectivity index (χ1) is 11.5. The number of aliphatic carboxylic acids is 2. The number of unbranched alkanes of at least 4 members (excludes halogenated alkanes) is 2. The van der Waals surface area contributed by atoms with Crippen LogP contribution in [0.15, 0.2) is 12.2 Å². The molecule has 6 nitrogen and oxygen atoms in total. The summed E-state index contributed by atoms with van der Waals surface area (Å²) in [6.45, 7) is 4.79. The summed E-state index contributed by atoms with van der Waals surface area (Å²) < 4.78 is 0.592. The standard InChI is InChI=1S/C18H33NO5.Na/c1-2-3-4-5-6-7-12-19(15-16-20,13-8-10-17(21)22)14-9-11-18(23)24;/h3-4,20H,2,5-16H2,1H3,(H-,21,22,23,24);/q;+1/b4-3+;. The smallest absolute Gasteiger partial charge is 0.550 e. The fraction of sp³-hybridized carbons (Fsp3) is 0.778. The maximum atomic E-state index is 10.8. The van der Waals surface area contributed by atoms with Gasteiger partial charge in [0.05, 0.1) is 32.7 Å². The minimum absolute atomic E-state index is 0. The molecule has 2 N–H and O–H groups in total. The van der Waals surface area contributed by atoms with Gasteiger partial charge in [0.2, 0.25) is 0 Å². The zero-order chi connectivity index (χ0) is 18.3. The molecule has 25 heavy (non-hydrogen) atoms. The van der Waals surface area contributed by atoms with Gasteiger partial charge in [-0.2, -0.15) is 0 Å². The Hall–Kier alpha value is -0.400. The molecule has 0 aromatic carbocycles. The van der Waals surface area contributed by atoms with Gasteiger partial charge in [-0.25, -0.2) is 0 Å². The van der Waals surface area contributed by atoms with E-state index in [4.69, 9.17) is 5.11 Å². The van der Waals surface area contributed by atoms with Gasteiger partial charge in [0.15, 0.2) is 0 Å². The molecular weight excluding hydrogens is 333 g/mol. The summed E-state index contributed by atoms with van der Waals surface area (Å²) >= 11 is 0. The summed E-state index contributed by atoms with van der Waals surface area (Å²) in [5.74, 6) is -1.89. The van der Waals surface area contributed by atoms with E-state index < -0.39 is 11.9 Å². The molecule has 0 rings (SSSR count). The van der Waals surface area contributed by atoms with Crippen LogP contribution in [0.3, 0.4) is 0 Å². The minimum atomic E-state index is -1.06. The number of carbonyl (C=O) groups is 2. The molecule has 0 saturated carbocycles. The van der Waals surface area contributed by atoms with E-state index in [0.717, 1.165) is 32.2 Å². The first kappa shape index (κ1) is 26.8. The summed E-state index contributed by atoms with van der Waals surface area (Å²) in [5, 5.41) is 28.9. The van der Waals surface area contributed by atoms with Crippen molar-refractivity contribution in [3.63, 3.8) is 0 Å². The second-order valence-corrected chi connectivity index (χ2v) is 6.31. The van der Waals surface area contributed by atoms with E-state index in [2.05, 4.69) is 19.1 Å². The van der Waals surface area contributed by atoms with Crippen molar-refractivity contribution < 1.29 is 58.9 Å². The molecule has 1 unspecified atom stereocenters. The molecule has 0 heterocycles. The molecule has 0 aliphatic rings. The Bertz CT molecular complexity index is 368. The van der Waals surface area contributed by atoms with Crippen molar-refractivity contribution in [2.24, 2.45) is 0 Å². The molecule has 7 heteroatoms. The molecule has 0 aliphatic heterocycles. The summed E-state index contributed by atoms with van der Waals surface area (Å²) in [7, 11) is 0. The van der Waals surface area contributed by atoms with E-state index in [1.807, 2.05) is 0 Å². The summed E-state index contributed by atoms with van der Waals surface area (Å²) in [6.07, 6.45) is 9.51. The van der Waals surface area contributed by atoms with Crippen molar-refractivity contribution in [3.05, 3.63) is 12.2 Å². The second-order valence-electron chi connectivity index (χ2n) is 6.31. The summed E-state index contributed by atoms with van der Waals surface area (Å²) in [6, 6.07) is 0. The van der Waals surface area contributed by atoms with Gasteiger partial charge in [0.1, 0.15) is 6.54 Å². The molecule has 0 amide bonds. The summed E-state index contributed by atoms with van der Waals surface area (Å²) in [4.78, 5) is 21.4. The van der Waals surface area contributed by atoms with Crippen molar-refractivity contribution in [3.8, 4) is 0 Å². The van der Waals surface area contributed by atoms with Gasteiger partial charge in [-0.15, -0.1) is 0 Å². The number of carboxylic acid groups (broad SMARTS) is 2. The first-order valence-electron chi connectivity index (χ1n) is 8.98. The van der Waals surface area contributed by atoms with Gasteiger partial charge in [0, 0.05) is 18.8 Å². The van der Waals surface area contributed by atoms with Crippen LogP contribution < -0.4 is 34.7 Å². The fourth-order valence-electron chi connectivity index (χ4n) is 3.00. The third kappa shape index (κ3) is 15.6. The van der Waals surface area contributed by atoms with Crippen LogP contribution in [0.1, 0.15) is 58.3 Å². The Balaban J connectivity index is 0. The quantitative estimate of drug-likeness (QED) is 0.147. The SMILES string of the molecule is CC/C=C/CCCC[N+](CCO)(CCCC(=O)[O-])CCCC(=O)O.[Na+].